The van der Waals surface area contributed by atoms with E-state index in [1.165, 1.54) is 11.3 Å². The van der Waals surface area contributed by atoms with Crippen LogP contribution in [0.3, 0.4) is 0 Å². The zero-order chi connectivity index (χ0) is 9.68. The lowest BCUT2D eigenvalue weighted by Crippen LogP contribution is -2.01. The lowest BCUT2D eigenvalue weighted by atomic mass is 10.2. The summed E-state index contributed by atoms with van der Waals surface area (Å²) < 4.78 is 0. The van der Waals surface area contributed by atoms with Crippen molar-refractivity contribution in [3.05, 3.63) is 17.0 Å². The minimum Gasteiger partial charge on any atom is -0.365 e. The van der Waals surface area contributed by atoms with Gasteiger partial charge in [-0.3, -0.25) is 4.79 Å². The van der Waals surface area contributed by atoms with E-state index in [1.54, 1.807) is 13.8 Å². The third kappa shape index (κ3) is 2.60. The summed E-state index contributed by atoms with van der Waals surface area (Å²) in [7, 11) is 0. The number of hydrogen-bond acceptors (Lipinski definition) is 3. The molecule has 68 valence electrons. The fourth-order valence-electron chi connectivity index (χ4n) is 0.936. The molecule has 0 saturated carbocycles. The van der Waals surface area contributed by atoms with Crippen molar-refractivity contribution >= 4 is 22.1 Å². The molecule has 0 unspecified atom stereocenters. The first-order chi connectivity index (χ1) is 6.25. The van der Waals surface area contributed by atoms with E-state index < -0.39 is 0 Å². The first kappa shape index (κ1) is 9.82. The molecular formula is C10H11NOS. The van der Waals surface area contributed by atoms with Gasteiger partial charge in [-0.25, -0.2) is 0 Å². The number of hydrogen-bond donors (Lipinski definition) is 1. The summed E-state index contributed by atoms with van der Waals surface area (Å²) in [5, 5.41) is 5.91. The molecule has 0 spiro atoms. The summed E-state index contributed by atoms with van der Waals surface area (Å²) in [6.07, 6.45) is 0. The van der Waals surface area contributed by atoms with Gasteiger partial charge in [0.05, 0.1) is 17.1 Å². The number of Topliss-reactive ketones (excluding diaryl/α,β-unsaturated/α-hetero) is 1. The molecule has 1 rings (SSSR count). The SMILES string of the molecule is CC#CCNc1sccc1C(C)=O. The molecule has 1 heterocycles. The summed E-state index contributed by atoms with van der Waals surface area (Å²) >= 11 is 1.53. The lowest BCUT2D eigenvalue weighted by molar-refractivity contribution is 0.101. The van der Waals surface area contributed by atoms with Crippen LogP contribution in [0.2, 0.25) is 0 Å². The van der Waals surface area contributed by atoms with Crippen molar-refractivity contribution in [2.24, 2.45) is 0 Å². The standard InChI is InChI=1S/C10H11NOS/c1-3-4-6-11-10-9(8(2)12)5-7-13-10/h5,7,11H,6H2,1-2H3. The third-order valence-electron chi connectivity index (χ3n) is 1.56. The van der Waals surface area contributed by atoms with Crippen molar-refractivity contribution in [2.45, 2.75) is 13.8 Å². The summed E-state index contributed by atoms with van der Waals surface area (Å²) in [6, 6.07) is 1.83. The Morgan fingerprint density at radius 2 is 2.46 bits per heavy atom. The smallest absolute Gasteiger partial charge is 0.162 e. The predicted octanol–water partition coefficient (Wildman–Crippen LogP) is 2.39. The Hall–Kier alpha value is -1.27. The second-order valence-corrected chi connectivity index (χ2v) is 3.42. The van der Waals surface area contributed by atoms with Crippen molar-refractivity contribution in [2.75, 3.05) is 11.9 Å². The van der Waals surface area contributed by atoms with Gasteiger partial charge < -0.3 is 5.32 Å². The average Bonchev–Trinajstić information content (AvgIpc) is 2.53. The number of nitrogens with one attached hydrogen (secondary N) is 1. The molecule has 0 amide bonds. The van der Waals surface area contributed by atoms with Crippen LogP contribution in [0.25, 0.3) is 0 Å². The van der Waals surface area contributed by atoms with Gasteiger partial charge in [0.25, 0.3) is 0 Å². The van der Waals surface area contributed by atoms with Gasteiger partial charge in [0.2, 0.25) is 0 Å². The Balaban J connectivity index is 2.69. The van der Waals surface area contributed by atoms with Gasteiger partial charge in [-0.15, -0.1) is 17.3 Å². The van der Waals surface area contributed by atoms with Gasteiger partial charge in [0.15, 0.2) is 5.78 Å². The molecule has 0 aliphatic carbocycles. The van der Waals surface area contributed by atoms with Crippen molar-refractivity contribution < 1.29 is 4.79 Å². The van der Waals surface area contributed by atoms with E-state index in [9.17, 15) is 4.79 Å². The Bertz CT molecular complexity index is 356. The number of carbonyl (C=O) groups excluding carboxylic acids is 1. The molecule has 0 bridgehead atoms. The second kappa shape index (κ2) is 4.68. The molecule has 2 nitrogen and oxygen atoms in total. The number of thiophene rings is 1. The van der Waals surface area contributed by atoms with Crippen molar-refractivity contribution in [3.8, 4) is 11.8 Å². The van der Waals surface area contributed by atoms with Gasteiger partial charge in [-0.2, -0.15) is 0 Å². The van der Waals surface area contributed by atoms with Gasteiger partial charge in [0.1, 0.15) is 0 Å². The van der Waals surface area contributed by atoms with Crippen molar-refractivity contribution in [1.29, 1.82) is 0 Å². The molecule has 0 aromatic carbocycles. The number of carbonyl (C=O) groups is 1. The molecule has 0 fully saturated rings. The summed E-state index contributed by atoms with van der Waals surface area (Å²) in [5.74, 6) is 5.76. The van der Waals surface area contributed by atoms with E-state index in [1.807, 2.05) is 11.4 Å². The lowest BCUT2D eigenvalue weighted by Gasteiger charge is -1.99. The van der Waals surface area contributed by atoms with Gasteiger partial charge in [0, 0.05) is 0 Å². The van der Waals surface area contributed by atoms with E-state index in [2.05, 4.69) is 17.2 Å². The van der Waals surface area contributed by atoms with Crippen molar-refractivity contribution in [1.82, 2.24) is 0 Å². The fourth-order valence-corrected chi connectivity index (χ4v) is 1.77. The maximum atomic E-state index is 11.1. The van der Waals surface area contributed by atoms with E-state index >= 15 is 0 Å². The zero-order valence-corrected chi connectivity index (χ0v) is 8.49. The molecule has 0 aliphatic heterocycles. The van der Waals surface area contributed by atoms with Crippen LogP contribution in [0.4, 0.5) is 5.00 Å². The predicted molar refractivity (Wildman–Crippen MR) is 56.3 cm³/mol. The van der Waals surface area contributed by atoms with Crippen LogP contribution in [-0.4, -0.2) is 12.3 Å². The molecule has 0 aliphatic rings. The molecule has 0 radical (unpaired) electrons. The molecule has 1 N–H and O–H groups in total. The quantitative estimate of drug-likeness (QED) is 0.590. The summed E-state index contributed by atoms with van der Waals surface area (Å²) in [6.45, 7) is 3.96. The average molecular weight is 193 g/mol. The highest BCUT2D eigenvalue weighted by Gasteiger charge is 2.06. The molecule has 0 saturated heterocycles. The van der Waals surface area contributed by atoms with Crippen LogP contribution >= 0.6 is 11.3 Å². The van der Waals surface area contributed by atoms with Gasteiger partial charge in [-0.1, -0.05) is 5.92 Å². The Kier molecular flexibility index (Phi) is 3.53. The highest BCUT2D eigenvalue weighted by atomic mass is 32.1. The summed E-state index contributed by atoms with van der Waals surface area (Å²) in [5.41, 5.74) is 0.753. The Labute approximate surface area is 82.0 Å². The second-order valence-electron chi connectivity index (χ2n) is 2.50. The summed E-state index contributed by atoms with van der Waals surface area (Å²) in [4.78, 5) is 11.1. The first-order valence-electron chi connectivity index (χ1n) is 3.97. The van der Waals surface area contributed by atoms with Crippen LogP contribution in [0, 0.1) is 11.8 Å². The van der Waals surface area contributed by atoms with Crippen LogP contribution in [0.1, 0.15) is 24.2 Å². The zero-order valence-electron chi connectivity index (χ0n) is 7.68. The fraction of sp³-hybridized carbons (Fsp3) is 0.300. The highest BCUT2D eigenvalue weighted by molar-refractivity contribution is 7.14. The Morgan fingerprint density at radius 3 is 3.08 bits per heavy atom. The van der Waals surface area contributed by atoms with Crippen LogP contribution in [0.15, 0.2) is 11.4 Å². The molecule has 1 aromatic heterocycles. The molecule has 3 heteroatoms. The van der Waals surface area contributed by atoms with Crippen LogP contribution < -0.4 is 5.32 Å². The molecule has 0 atom stereocenters. The Morgan fingerprint density at radius 1 is 1.69 bits per heavy atom. The maximum absolute atomic E-state index is 11.1. The first-order valence-corrected chi connectivity index (χ1v) is 4.85. The van der Waals surface area contributed by atoms with Gasteiger partial charge in [-0.05, 0) is 25.3 Å². The molecular weight excluding hydrogens is 182 g/mol. The van der Waals surface area contributed by atoms with E-state index in [0.29, 0.717) is 6.54 Å². The van der Waals surface area contributed by atoms with E-state index in [-0.39, 0.29) is 5.78 Å². The number of ketones is 1. The van der Waals surface area contributed by atoms with E-state index in [4.69, 9.17) is 0 Å². The third-order valence-corrected chi connectivity index (χ3v) is 2.43. The maximum Gasteiger partial charge on any atom is 0.162 e. The number of rotatable bonds is 3. The highest BCUT2D eigenvalue weighted by Crippen LogP contribution is 2.22. The monoisotopic (exact) mass is 193 g/mol. The molecule has 1 aromatic rings. The minimum atomic E-state index is 0.0909. The van der Waals surface area contributed by atoms with Gasteiger partial charge >= 0.3 is 0 Å². The van der Waals surface area contributed by atoms with Crippen LogP contribution in [-0.2, 0) is 0 Å². The van der Waals surface area contributed by atoms with Crippen molar-refractivity contribution in [3.63, 3.8) is 0 Å². The number of anilines is 1. The van der Waals surface area contributed by atoms with Crippen LogP contribution in [0.5, 0.6) is 0 Å². The molecule has 13 heavy (non-hydrogen) atoms. The largest absolute Gasteiger partial charge is 0.365 e. The topological polar surface area (TPSA) is 29.1 Å². The van der Waals surface area contributed by atoms with E-state index in [0.717, 1.165) is 10.6 Å². The normalized spacial score (nSPS) is 8.77. The minimum absolute atomic E-state index is 0.0909.